The third-order valence-corrected chi connectivity index (χ3v) is 6.55. The van der Waals surface area contributed by atoms with Gasteiger partial charge in [0.2, 0.25) is 15.9 Å². The monoisotopic (exact) mass is 472 g/mol. The second-order valence-corrected chi connectivity index (χ2v) is 9.49. The molecule has 0 unspecified atom stereocenters. The summed E-state index contributed by atoms with van der Waals surface area (Å²) in [6.45, 7) is 0.936. The summed E-state index contributed by atoms with van der Waals surface area (Å²) in [6, 6.07) is 12.0. The van der Waals surface area contributed by atoms with Crippen LogP contribution in [0.4, 0.5) is 5.69 Å². The zero-order valence-corrected chi connectivity index (χ0v) is 19.1. The molecule has 0 N–H and O–H groups in total. The average molecular weight is 473 g/mol. The van der Waals surface area contributed by atoms with Crippen molar-refractivity contribution in [2.24, 2.45) is 0 Å². The van der Waals surface area contributed by atoms with Crippen LogP contribution in [0.1, 0.15) is 28.0 Å². The number of benzene rings is 2. The van der Waals surface area contributed by atoms with E-state index in [4.69, 9.17) is 14.2 Å². The number of carbonyl (C=O) groups is 2. The lowest BCUT2D eigenvalue weighted by Gasteiger charge is -2.25. The molecule has 0 radical (unpaired) electrons. The predicted octanol–water partition coefficient (Wildman–Crippen LogP) is 3.09. The third-order valence-electron chi connectivity index (χ3n) is 5.35. The van der Waals surface area contributed by atoms with Gasteiger partial charge in [-0.2, -0.15) is 0 Å². The summed E-state index contributed by atoms with van der Waals surface area (Å²) in [6.07, 6.45) is 2.94. The third kappa shape index (κ3) is 4.65. The van der Waals surface area contributed by atoms with Crippen LogP contribution in [0, 0.1) is 0 Å². The summed E-state index contributed by atoms with van der Waals surface area (Å²) >= 11 is 0. The van der Waals surface area contributed by atoms with Crippen molar-refractivity contribution in [1.29, 1.82) is 0 Å². The van der Waals surface area contributed by atoms with Gasteiger partial charge < -0.3 is 14.2 Å². The van der Waals surface area contributed by atoms with E-state index in [1.807, 2.05) is 0 Å². The second kappa shape index (κ2) is 9.14. The number of rotatable bonds is 7. The molecule has 2 aromatic carbocycles. The van der Waals surface area contributed by atoms with E-state index in [0.717, 1.165) is 6.26 Å². The molecule has 33 heavy (non-hydrogen) atoms. The van der Waals surface area contributed by atoms with E-state index in [-0.39, 0.29) is 25.3 Å². The SMILES string of the molecule is COC(=O)c1cn(C(=O)CCCN(c2ccc3c(c2)OCCO3)S(C)(=O)=O)c2ccccc12. The van der Waals surface area contributed by atoms with Gasteiger partial charge in [-0.3, -0.25) is 13.7 Å². The largest absolute Gasteiger partial charge is 0.486 e. The summed E-state index contributed by atoms with van der Waals surface area (Å²) in [5.74, 6) is 0.267. The van der Waals surface area contributed by atoms with Crippen LogP contribution in [0.3, 0.4) is 0 Å². The summed E-state index contributed by atoms with van der Waals surface area (Å²) in [7, 11) is -2.31. The molecule has 0 fully saturated rings. The van der Waals surface area contributed by atoms with Gasteiger partial charge >= 0.3 is 5.97 Å². The summed E-state index contributed by atoms with van der Waals surface area (Å²) < 4.78 is 43.4. The lowest BCUT2D eigenvalue weighted by Crippen LogP contribution is -2.31. The molecule has 1 aliphatic rings. The normalized spacial score (nSPS) is 13.0. The molecule has 0 bridgehead atoms. The number of sulfonamides is 1. The Morgan fingerprint density at radius 2 is 1.82 bits per heavy atom. The first-order chi connectivity index (χ1) is 15.8. The first kappa shape index (κ1) is 22.7. The number of carbonyl (C=O) groups excluding carboxylic acids is 2. The zero-order chi connectivity index (χ0) is 23.6. The maximum absolute atomic E-state index is 12.9. The van der Waals surface area contributed by atoms with Crippen molar-refractivity contribution in [2.75, 3.05) is 37.4 Å². The molecule has 3 aromatic rings. The summed E-state index contributed by atoms with van der Waals surface area (Å²) in [5, 5.41) is 0.617. The van der Waals surface area contributed by atoms with Crippen molar-refractivity contribution in [3.8, 4) is 11.5 Å². The second-order valence-electron chi connectivity index (χ2n) is 7.58. The quantitative estimate of drug-likeness (QED) is 0.487. The van der Waals surface area contributed by atoms with Gasteiger partial charge in [0.1, 0.15) is 13.2 Å². The number of anilines is 1. The number of hydrogen-bond donors (Lipinski definition) is 0. The zero-order valence-electron chi connectivity index (χ0n) is 18.3. The molecule has 1 aliphatic heterocycles. The molecule has 0 spiro atoms. The summed E-state index contributed by atoms with van der Waals surface area (Å²) in [5.41, 5.74) is 1.33. The smallest absolute Gasteiger partial charge is 0.340 e. The van der Waals surface area contributed by atoms with Crippen molar-refractivity contribution in [1.82, 2.24) is 4.57 Å². The molecular formula is C23H24N2O7S. The Balaban J connectivity index is 1.52. The molecule has 4 rings (SSSR count). The number of nitrogens with zero attached hydrogens (tertiary/aromatic N) is 2. The number of aromatic nitrogens is 1. The van der Waals surface area contributed by atoms with Crippen LogP contribution in [-0.4, -0.2) is 58.0 Å². The molecule has 0 aliphatic carbocycles. The standard InChI is InChI=1S/C23H24N2O7S/c1-30-23(27)18-15-24(19-7-4-3-6-17(18)19)22(26)8-5-11-25(33(2,28)29)16-9-10-20-21(14-16)32-13-12-31-20/h3-4,6-7,9-10,14-15H,5,8,11-13H2,1-2H3. The molecule has 1 aromatic heterocycles. The Labute approximate surface area is 191 Å². The first-order valence-corrected chi connectivity index (χ1v) is 12.2. The van der Waals surface area contributed by atoms with Gasteiger partial charge in [-0.1, -0.05) is 18.2 Å². The molecule has 0 amide bonds. The van der Waals surface area contributed by atoms with E-state index in [9.17, 15) is 18.0 Å². The minimum absolute atomic E-state index is 0.0792. The van der Waals surface area contributed by atoms with E-state index >= 15 is 0 Å². The fraction of sp³-hybridized carbons (Fsp3) is 0.304. The van der Waals surface area contributed by atoms with E-state index in [1.54, 1.807) is 42.5 Å². The molecular weight excluding hydrogens is 448 g/mol. The molecule has 174 valence electrons. The van der Waals surface area contributed by atoms with E-state index in [2.05, 4.69) is 0 Å². The fourth-order valence-corrected chi connectivity index (χ4v) is 4.78. The lowest BCUT2D eigenvalue weighted by molar-refractivity contribution is 0.0603. The highest BCUT2D eigenvalue weighted by Gasteiger charge is 2.22. The van der Waals surface area contributed by atoms with Gasteiger partial charge in [-0.15, -0.1) is 0 Å². The van der Waals surface area contributed by atoms with Crippen LogP contribution in [0.15, 0.2) is 48.7 Å². The lowest BCUT2D eigenvalue weighted by atomic mass is 10.2. The number of para-hydroxylation sites is 1. The van der Waals surface area contributed by atoms with E-state index in [0.29, 0.717) is 46.9 Å². The van der Waals surface area contributed by atoms with Crippen LogP contribution < -0.4 is 13.8 Å². The average Bonchev–Trinajstić information content (AvgIpc) is 3.20. The molecule has 10 heteroatoms. The Bertz CT molecular complexity index is 1310. The minimum atomic E-state index is -3.59. The topological polar surface area (TPSA) is 104 Å². The highest BCUT2D eigenvalue weighted by molar-refractivity contribution is 7.92. The molecule has 0 saturated heterocycles. The van der Waals surface area contributed by atoms with Crippen molar-refractivity contribution in [2.45, 2.75) is 12.8 Å². The van der Waals surface area contributed by atoms with Gasteiger partial charge in [0.05, 0.1) is 30.1 Å². The minimum Gasteiger partial charge on any atom is -0.486 e. The van der Waals surface area contributed by atoms with Gasteiger partial charge in [-0.25, -0.2) is 13.2 Å². The molecule has 2 heterocycles. The van der Waals surface area contributed by atoms with Crippen molar-refractivity contribution >= 4 is 38.5 Å². The van der Waals surface area contributed by atoms with Crippen LogP contribution >= 0.6 is 0 Å². The van der Waals surface area contributed by atoms with Crippen LogP contribution in [0.2, 0.25) is 0 Å². The predicted molar refractivity (Wildman–Crippen MR) is 123 cm³/mol. The van der Waals surface area contributed by atoms with Crippen LogP contribution in [-0.2, 0) is 14.8 Å². The number of hydrogen-bond acceptors (Lipinski definition) is 7. The maximum atomic E-state index is 12.9. The number of methoxy groups -OCH3 is 1. The van der Waals surface area contributed by atoms with Crippen LogP contribution in [0.25, 0.3) is 10.9 Å². The van der Waals surface area contributed by atoms with Crippen molar-refractivity contribution in [3.05, 3.63) is 54.2 Å². The number of fused-ring (bicyclic) bond motifs is 2. The highest BCUT2D eigenvalue weighted by Crippen LogP contribution is 2.34. The Morgan fingerprint density at radius 1 is 1.09 bits per heavy atom. The van der Waals surface area contributed by atoms with Crippen LogP contribution in [0.5, 0.6) is 11.5 Å². The first-order valence-electron chi connectivity index (χ1n) is 10.4. The fourth-order valence-electron chi connectivity index (χ4n) is 3.83. The van der Waals surface area contributed by atoms with Gasteiger partial charge in [0, 0.05) is 30.6 Å². The van der Waals surface area contributed by atoms with Crippen molar-refractivity contribution in [3.63, 3.8) is 0 Å². The summed E-state index contributed by atoms with van der Waals surface area (Å²) in [4.78, 5) is 25.0. The van der Waals surface area contributed by atoms with E-state index < -0.39 is 16.0 Å². The molecule has 9 nitrogen and oxygen atoms in total. The molecule has 0 saturated carbocycles. The van der Waals surface area contributed by atoms with Gasteiger partial charge in [-0.05, 0) is 24.6 Å². The number of ether oxygens (including phenoxy) is 3. The maximum Gasteiger partial charge on any atom is 0.340 e. The van der Waals surface area contributed by atoms with Gasteiger partial charge in [0.15, 0.2) is 11.5 Å². The van der Waals surface area contributed by atoms with E-state index in [1.165, 1.54) is 22.2 Å². The highest BCUT2D eigenvalue weighted by atomic mass is 32.2. The van der Waals surface area contributed by atoms with Gasteiger partial charge in [0.25, 0.3) is 0 Å². The molecule has 0 atom stereocenters. The Kier molecular flexibility index (Phi) is 6.28. The Hall–Kier alpha value is -3.53. The Morgan fingerprint density at radius 3 is 2.55 bits per heavy atom. The van der Waals surface area contributed by atoms with Crippen molar-refractivity contribution < 1.29 is 32.2 Å². The number of esters is 1.